The topological polar surface area (TPSA) is 55.8 Å². The van der Waals surface area contributed by atoms with Crippen LogP contribution < -0.4 is 5.32 Å². The molecule has 0 aliphatic carbocycles. The van der Waals surface area contributed by atoms with Crippen LogP contribution in [0.5, 0.6) is 0 Å². The monoisotopic (exact) mass is 269 g/mol. The number of nitrogens with one attached hydrogen (secondary N) is 1. The molecule has 0 aromatic rings. The third-order valence-corrected chi connectivity index (χ3v) is 4.52. The standard InChI is InChI=1S/C14H27N3O2/c1-14(3-5-15-6-4-14)13(19)17-8-2-7-16(9-10-17)11-12-18/h15,18H,2-12H2,1H3. The Morgan fingerprint density at radius 3 is 2.63 bits per heavy atom. The molecule has 2 rings (SSSR count). The van der Waals surface area contributed by atoms with E-state index in [9.17, 15) is 4.79 Å². The van der Waals surface area contributed by atoms with E-state index >= 15 is 0 Å². The van der Waals surface area contributed by atoms with E-state index < -0.39 is 0 Å². The second-order valence-corrected chi connectivity index (χ2v) is 6.02. The number of amides is 1. The molecular weight excluding hydrogens is 242 g/mol. The highest BCUT2D eigenvalue weighted by Gasteiger charge is 2.37. The van der Waals surface area contributed by atoms with E-state index in [1.54, 1.807) is 0 Å². The molecule has 19 heavy (non-hydrogen) atoms. The first-order chi connectivity index (χ1) is 9.15. The zero-order chi connectivity index (χ0) is 13.7. The number of nitrogens with zero attached hydrogens (tertiary/aromatic N) is 2. The summed E-state index contributed by atoms with van der Waals surface area (Å²) in [5.41, 5.74) is -0.169. The minimum atomic E-state index is -0.169. The zero-order valence-corrected chi connectivity index (χ0v) is 12.0. The summed E-state index contributed by atoms with van der Waals surface area (Å²) in [5.74, 6) is 0.333. The number of hydrogen-bond donors (Lipinski definition) is 2. The third kappa shape index (κ3) is 3.68. The summed E-state index contributed by atoms with van der Waals surface area (Å²) in [6, 6.07) is 0. The molecule has 0 aromatic carbocycles. The maximum absolute atomic E-state index is 12.7. The van der Waals surface area contributed by atoms with Crippen molar-refractivity contribution in [1.82, 2.24) is 15.1 Å². The number of carbonyl (C=O) groups excluding carboxylic acids is 1. The molecule has 0 radical (unpaired) electrons. The molecule has 2 aliphatic rings. The summed E-state index contributed by atoms with van der Waals surface area (Å²) >= 11 is 0. The molecule has 5 nitrogen and oxygen atoms in total. The molecule has 0 aromatic heterocycles. The molecule has 2 fully saturated rings. The van der Waals surface area contributed by atoms with Gasteiger partial charge in [0.1, 0.15) is 0 Å². The first-order valence-corrected chi connectivity index (χ1v) is 7.49. The summed E-state index contributed by atoms with van der Waals surface area (Å²) < 4.78 is 0. The quantitative estimate of drug-likeness (QED) is 0.751. The minimum Gasteiger partial charge on any atom is -0.395 e. The van der Waals surface area contributed by atoms with Crippen molar-refractivity contribution < 1.29 is 9.90 Å². The number of rotatable bonds is 3. The molecule has 1 amide bonds. The molecule has 2 saturated heterocycles. The Labute approximate surface area is 115 Å². The highest BCUT2D eigenvalue weighted by Crippen LogP contribution is 2.30. The SMILES string of the molecule is CC1(C(=O)N2CCCN(CCO)CC2)CCNCC1. The van der Waals surface area contributed by atoms with Crippen molar-refractivity contribution in [1.29, 1.82) is 0 Å². The summed E-state index contributed by atoms with van der Waals surface area (Å²) in [5, 5.41) is 12.3. The van der Waals surface area contributed by atoms with Gasteiger partial charge >= 0.3 is 0 Å². The second kappa shape index (κ2) is 6.68. The van der Waals surface area contributed by atoms with Crippen LogP contribution in [0.3, 0.4) is 0 Å². The van der Waals surface area contributed by atoms with Gasteiger partial charge in [-0.3, -0.25) is 9.69 Å². The van der Waals surface area contributed by atoms with E-state index in [0.29, 0.717) is 5.91 Å². The number of carbonyl (C=O) groups is 1. The number of hydrogen-bond acceptors (Lipinski definition) is 4. The average Bonchev–Trinajstić information content (AvgIpc) is 2.65. The first kappa shape index (κ1) is 14.8. The van der Waals surface area contributed by atoms with Gasteiger partial charge in [0.15, 0.2) is 0 Å². The average molecular weight is 269 g/mol. The molecule has 110 valence electrons. The zero-order valence-electron chi connectivity index (χ0n) is 12.0. The fraction of sp³-hybridized carbons (Fsp3) is 0.929. The Bertz CT molecular complexity index is 303. The largest absolute Gasteiger partial charge is 0.395 e. The smallest absolute Gasteiger partial charge is 0.228 e. The van der Waals surface area contributed by atoms with Crippen molar-refractivity contribution in [2.24, 2.45) is 5.41 Å². The van der Waals surface area contributed by atoms with Crippen LogP contribution in [-0.2, 0) is 4.79 Å². The number of β-amino-alcohol motifs (C(OH)–C–C–N with tert-alkyl or cyclic N) is 1. The molecule has 0 saturated carbocycles. The van der Waals surface area contributed by atoms with Crippen LogP contribution in [0.1, 0.15) is 26.2 Å². The van der Waals surface area contributed by atoms with Gasteiger partial charge in [-0.2, -0.15) is 0 Å². The predicted molar refractivity (Wildman–Crippen MR) is 74.9 cm³/mol. The van der Waals surface area contributed by atoms with Crippen molar-refractivity contribution in [2.45, 2.75) is 26.2 Å². The normalized spacial score (nSPS) is 25.1. The molecule has 0 bridgehead atoms. The fourth-order valence-electron chi connectivity index (χ4n) is 3.11. The van der Waals surface area contributed by atoms with Crippen LogP contribution in [0.2, 0.25) is 0 Å². The van der Waals surface area contributed by atoms with Crippen molar-refractivity contribution in [3.8, 4) is 0 Å². The Hall–Kier alpha value is -0.650. The van der Waals surface area contributed by atoms with Crippen LogP contribution >= 0.6 is 0 Å². The van der Waals surface area contributed by atoms with E-state index in [2.05, 4.69) is 17.1 Å². The minimum absolute atomic E-state index is 0.169. The van der Waals surface area contributed by atoms with Crippen LogP contribution in [0.4, 0.5) is 0 Å². The van der Waals surface area contributed by atoms with Gasteiger partial charge < -0.3 is 15.3 Å². The Kier molecular flexibility index (Phi) is 5.19. The summed E-state index contributed by atoms with van der Waals surface area (Å²) in [4.78, 5) is 17.0. The van der Waals surface area contributed by atoms with Gasteiger partial charge in [-0.25, -0.2) is 0 Å². The number of piperidine rings is 1. The van der Waals surface area contributed by atoms with E-state index in [-0.39, 0.29) is 12.0 Å². The third-order valence-electron chi connectivity index (χ3n) is 4.52. The lowest BCUT2D eigenvalue weighted by Gasteiger charge is -2.37. The summed E-state index contributed by atoms with van der Waals surface area (Å²) in [7, 11) is 0. The number of aliphatic hydroxyl groups is 1. The van der Waals surface area contributed by atoms with Crippen LogP contribution in [-0.4, -0.2) is 73.2 Å². The second-order valence-electron chi connectivity index (χ2n) is 6.02. The highest BCUT2D eigenvalue weighted by atomic mass is 16.3. The van der Waals surface area contributed by atoms with Crippen molar-refractivity contribution in [3.05, 3.63) is 0 Å². The lowest BCUT2D eigenvalue weighted by molar-refractivity contribution is -0.142. The Morgan fingerprint density at radius 2 is 1.95 bits per heavy atom. The molecule has 0 atom stereocenters. The molecule has 0 spiro atoms. The lowest BCUT2D eigenvalue weighted by atomic mass is 9.79. The molecule has 5 heteroatoms. The van der Waals surface area contributed by atoms with Crippen molar-refractivity contribution >= 4 is 5.91 Å². The van der Waals surface area contributed by atoms with Crippen molar-refractivity contribution in [3.63, 3.8) is 0 Å². The van der Waals surface area contributed by atoms with Gasteiger partial charge in [-0.05, 0) is 38.9 Å². The van der Waals surface area contributed by atoms with E-state index in [1.165, 1.54) is 0 Å². The first-order valence-electron chi connectivity index (χ1n) is 7.49. The van der Waals surface area contributed by atoms with Crippen LogP contribution in [0, 0.1) is 5.41 Å². The molecule has 2 heterocycles. The van der Waals surface area contributed by atoms with Gasteiger partial charge in [0, 0.05) is 31.6 Å². The lowest BCUT2D eigenvalue weighted by Crippen LogP contribution is -2.48. The highest BCUT2D eigenvalue weighted by molar-refractivity contribution is 5.82. The molecule has 2 aliphatic heterocycles. The maximum atomic E-state index is 12.7. The maximum Gasteiger partial charge on any atom is 0.228 e. The van der Waals surface area contributed by atoms with Crippen LogP contribution in [0.25, 0.3) is 0 Å². The Morgan fingerprint density at radius 1 is 1.21 bits per heavy atom. The number of aliphatic hydroxyl groups excluding tert-OH is 1. The van der Waals surface area contributed by atoms with Gasteiger partial charge in [0.05, 0.1) is 6.61 Å². The van der Waals surface area contributed by atoms with E-state index in [4.69, 9.17) is 5.11 Å². The van der Waals surface area contributed by atoms with E-state index in [1.807, 2.05) is 4.90 Å². The van der Waals surface area contributed by atoms with E-state index in [0.717, 1.165) is 65.1 Å². The van der Waals surface area contributed by atoms with Crippen molar-refractivity contribution in [2.75, 3.05) is 52.4 Å². The van der Waals surface area contributed by atoms with Gasteiger partial charge in [-0.15, -0.1) is 0 Å². The molecular formula is C14H27N3O2. The fourth-order valence-corrected chi connectivity index (χ4v) is 3.11. The molecule has 0 unspecified atom stereocenters. The summed E-state index contributed by atoms with van der Waals surface area (Å²) in [6.07, 6.45) is 2.91. The predicted octanol–water partition coefficient (Wildman–Crippen LogP) is -0.0973. The van der Waals surface area contributed by atoms with Crippen LogP contribution in [0.15, 0.2) is 0 Å². The summed E-state index contributed by atoms with van der Waals surface area (Å²) in [6.45, 7) is 8.50. The van der Waals surface area contributed by atoms with Gasteiger partial charge in [-0.1, -0.05) is 6.92 Å². The van der Waals surface area contributed by atoms with Gasteiger partial charge in [0.2, 0.25) is 5.91 Å². The molecule has 2 N–H and O–H groups in total. The van der Waals surface area contributed by atoms with Gasteiger partial charge in [0.25, 0.3) is 0 Å². The Balaban J connectivity index is 1.92.